The van der Waals surface area contributed by atoms with Crippen LogP contribution >= 0.6 is 0 Å². The van der Waals surface area contributed by atoms with Gasteiger partial charge in [-0.05, 0) is 13.0 Å². The molecule has 0 aliphatic carbocycles. The predicted octanol–water partition coefficient (Wildman–Crippen LogP) is 0.381. The third-order valence-electron chi connectivity index (χ3n) is 2.85. The Morgan fingerprint density at radius 1 is 1.26 bits per heavy atom. The average Bonchev–Trinajstić information content (AvgIpc) is 2.63. The molecular weight excluding hydrogens is 246 g/mol. The van der Waals surface area contributed by atoms with Crippen molar-refractivity contribution < 1.29 is 14.4 Å². The molecule has 104 valence electrons. The lowest BCUT2D eigenvalue weighted by atomic mass is 10.3. The maximum absolute atomic E-state index is 10.9. The number of aromatic nitrogens is 1. The first-order chi connectivity index (χ1) is 8.95. The average molecular weight is 265 g/mol. The summed E-state index contributed by atoms with van der Waals surface area (Å²) < 4.78 is 1.93. The topological polar surface area (TPSA) is 80.2 Å². The molecule has 1 heterocycles. The molecule has 19 heavy (non-hydrogen) atoms. The first-order valence-corrected chi connectivity index (χ1v) is 6.08. The number of carbonyl (C=O) groups is 3. The van der Waals surface area contributed by atoms with Crippen LogP contribution in [0, 0.1) is 6.92 Å². The second-order valence-electron chi connectivity index (χ2n) is 4.34. The molecule has 1 aromatic rings. The molecule has 0 saturated heterocycles. The highest BCUT2D eigenvalue weighted by Gasteiger charge is 2.11. The van der Waals surface area contributed by atoms with Gasteiger partial charge in [-0.1, -0.05) is 0 Å². The Hall–Kier alpha value is -2.11. The zero-order valence-corrected chi connectivity index (χ0v) is 11.4. The van der Waals surface area contributed by atoms with Crippen molar-refractivity contribution in [3.8, 4) is 0 Å². The predicted molar refractivity (Wildman–Crippen MR) is 70.8 cm³/mol. The summed E-state index contributed by atoms with van der Waals surface area (Å²) in [7, 11) is 0. The van der Waals surface area contributed by atoms with Gasteiger partial charge < -0.3 is 15.2 Å². The maximum Gasteiger partial charge on any atom is 0.217 e. The Kier molecular flexibility index (Phi) is 5.29. The van der Waals surface area contributed by atoms with E-state index in [2.05, 4.69) is 10.6 Å². The van der Waals surface area contributed by atoms with E-state index in [1.165, 1.54) is 13.8 Å². The van der Waals surface area contributed by atoms with Crippen molar-refractivity contribution in [2.45, 2.75) is 33.9 Å². The summed E-state index contributed by atoms with van der Waals surface area (Å²) in [5, 5.41) is 5.41. The number of nitrogens with one attached hydrogen (secondary N) is 2. The SMILES string of the molecule is CC(=O)NCCn1c(CNC(C)=O)cc(C=O)c1C. The summed E-state index contributed by atoms with van der Waals surface area (Å²) in [4.78, 5) is 32.7. The molecule has 0 aromatic carbocycles. The second-order valence-corrected chi connectivity index (χ2v) is 4.34. The monoisotopic (exact) mass is 265 g/mol. The van der Waals surface area contributed by atoms with Crippen LogP contribution in [0.3, 0.4) is 0 Å². The Morgan fingerprint density at radius 3 is 2.42 bits per heavy atom. The van der Waals surface area contributed by atoms with Gasteiger partial charge in [-0.25, -0.2) is 0 Å². The number of aldehydes is 1. The van der Waals surface area contributed by atoms with Crippen LogP contribution in [0.5, 0.6) is 0 Å². The van der Waals surface area contributed by atoms with Crippen LogP contribution in [0.2, 0.25) is 0 Å². The first kappa shape index (κ1) is 14.9. The van der Waals surface area contributed by atoms with Gasteiger partial charge in [-0.3, -0.25) is 14.4 Å². The number of hydrogen-bond acceptors (Lipinski definition) is 3. The van der Waals surface area contributed by atoms with E-state index in [0.29, 0.717) is 25.2 Å². The van der Waals surface area contributed by atoms with E-state index < -0.39 is 0 Å². The van der Waals surface area contributed by atoms with Gasteiger partial charge >= 0.3 is 0 Å². The van der Waals surface area contributed by atoms with Crippen LogP contribution in [-0.4, -0.2) is 29.2 Å². The van der Waals surface area contributed by atoms with Gasteiger partial charge in [0.15, 0.2) is 6.29 Å². The van der Waals surface area contributed by atoms with Gasteiger partial charge in [-0.2, -0.15) is 0 Å². The Morgan fingerprint density at radius 2 is 1.89 bits per heavy atom. The van der Waals surface area contributed by atoms with Crippen LogP contribution < -0.4 is 10.6 Å². The third kappa shape index (κ3) is 4.24. The smallest absolute Gasteiger partial charge is 0.217 e. The van der Waals surface area contributed by atoms with Crippen molar-refractivity contribution in [3.05, 3.63) is 23.0 Å². The number of hydrogen-bond donors (Lipinski definition) is 2. The van der Waals surface area contributed by atoms with Gasteiger partial charge in [-0.15, -0.1) is 0 Å². The molecule has 1 rings (SSSR count). The van der Waals surface area contributed by atoms with E-state index in [1.54, 1.807) is 6.07 Å². The highest BCUT2D eigenvalue weighted by atomic mass is 16.2. The highest BCUT2D eigenvalue weighted by Crippen LogP contribution is 2.13. The van der Waals surface area contributed by atoms with Crippen molar-refractivity contribution >= 4 is 18.1 Å². The third-order valence-corrected chi connectivity index (χ3v) is 2.85. The molecule has 0 aliphatic rings. The summed E-state index contributed by atoms with van der Waals surface area (Å²) in [5.74, 6) is -0.219. The molecule has 6 heteroatoms. The van der Waals surface area contributed by atoms with E-state index in [9.17, 15) is 14.4 Å². The summed E-state index contributed by atoms with van der Waals surface area (Å²) in [5.41, 5.74) is 2.28. The van der Waals surface area contributed by atoms with Crippen molar-refractivity contribution in [1.29, 1.82) is 0 Å². The van der Waals surface area contributed by atoms with Crippen LogP contribution in [0.4, 0.5) is 0 Å². The Bertz CT molecular complexity index is 492. The standard InChI is InChI=1S/C13H19N3O3/c1-9-12(8-17)6-13(7-15-11(3)19)16(9)5-4-14-10(2)18/h6,8H,4-5,7H2,1-3H3,(H,14,18)(H,15,19). The number of rotatable bonds is 6. The zero-order valence-electron chi connectivity index (χ0n) is 11.4. The lowest BCUT2D eigenvalue weighted by Crippen LogP contribution is -2.27. The lowest BCUT2D eigenvalue weighted by molar-refractivity contribution is -0.119. The van der Waals surface area contributed by atoms with Gasteiger partial charge in [0.2, 0.25) is 11.8 Å². The number of carbonyl (C=O) groups excluding carboxylic acids is 3. The Labute approximate surface area is 112 Å². The molecule has 2 amide bonds. The summed E-state index contributed by atoms with van der Waals surface area (Å²) in [6.45, 7) is 6.15. The van der Waals surface area contributed by atoms with Crippen molar-refractivity contribution in [2.24, 2.45) is 0 Å². The number of nitrogens with zero attached hydrogens (tertiary/aromatic N) is 1. The molecular formula is C13H19N3O3. The van der Waals surface area contributed by atoms with E-state index in [0.717, 1.165) is 17.7 Å². The fraction of sp³-hybridized carbons (Fsp3) is 0.462. The maximum atomic E-state index is 10.9. The van der Waals surface area contributed by atoms with Gasteiger partial charge in [0, 0.05) is 43.9 Å². The van der Waals surface area contributed by atoms with Crippen LogP contribution in [0.25, 0.3) is 0 Å². The summed E-state index contributed by atoms with van der Waals surface area (Å²) in [6, 6.07) is 1.76. The highest BCUT2D eigenvalue weighted by molar-refractivity contribution is 5.77. The normalized spacial score (nSPS) is 10.1. The van der Waals surface area contributed by atoms with Crippen LogP contribution in [0.1, 0.15) is 35.6 Å². The van der Waals surface area contributed by atoms with Gasteiger partial charge in [0.05, 0.1) is 6.54 Å². The molecule has 2 N–H and O–H groups in total. The molecule has 0 aliphatic heterocycles. The molecule has 0 saturated carbocycles. The lowest BCUT2D eigenvalue weighted by Gasteiger charge is -2.12. The molecule has 0 fully saturated rings. The second kappa shape index (κ2) is 6.72. The minimum Gasteiger partial charge on any atom is -0.355 e. The van der Waals surface area contributed by atoms with Crippen LogP contribution in [0.15, 0.2) is 6.07 Å². The van der Waals surface area contributed by atoms with Crippen molar-refractivity contribution in [2.75, 3.05) is 6.54 Å². The van der Waals surface area contributed by atoms with Crippen molar-refractivity contribution in [3.63, 3.8) is 0 Å². The summed E-state index contributed by atoms with van der Waals surface area (Å²) >= 11 is 0. The minimum atomic E-state index is -0.125. The molecule has 0 radical (unpaired) electrons. The van der Waals surface area contributed by atoms with Gasteiger partial charge in [0.1, 0.15) is 0 Å². The fourth-order valence-corrected chi connectivity index (χ4v) is 1.87. The molecule has 0 unspecified atom stereocenters. The summed E-state index contributed by atoms with van der Waals surface area (Å²) in [6.07, 6.45) is 0.793. The van der Waals surface area contributed by atoms with Crippen molar-refractivity contribution in [1.82, 2.24) is 15.2 Å². The first-order valence-electron chi connectivity index (χ1n) is 6.08. The van der Waals surface area contributed by atoms with E-state index in [4.69, 9.17) is 0 Å². The molecule has 6 nitrogen and oxygen atoms in total. The van der Waals surface area contributed by atoms with E-state index >= 15 is 0 Å². The van der Waals surface area contributed by atoms with E-state index in [1.807, 2.05) is 11.5 Å². The molecule has 0 atom stereocenters. The minimum absolute atomic E-state index is 0.0937. The Balaban J connectivity index is 2.84. The quantitative estimate of drug-likeness (QED) is 0.730. The fourth-order valence-electron chi connectivity index (χ4n) is 1.87. The molecule has 0 spiro atoms. The van der Waals surface area contributed by atoms with Gasteiger partial charge in [0.25, 0.3) is 0 Å². The van der Waals surface area contributed by atoms with E-state index in [-0.39, 0.29) is 11.8 Å². The van der Waals surface area contributed by atoms with Crippen LogP contribution in [-0.2, 0) is 22.7 Å². The molecule has 1 aromatic heterocycles. The largest absolute Gasteiger partial charge is 0.355 e. The molecule has 0 bridgehead atoms. The zero-order chi connectivity index (χ0) is 14.4. The number of amides is 2.